The molecule has 0 saturated heterocycles. The zero-order valence-corrected chi connectivity index (χ0v) is 8.73. The molecule has 0 bridgehead atoms. The van der Waals surface area contributed by atoms with Crippen molar-refractivity contribution in [2.45, 2.75) is 20.3 Å². The Hall–Kier alpha value is -1.58. The Balaban J connectivity index is 3.18. The van der Waals surface area contributed by atoms with E-state index in [4.69, 9.17) is 5.11 Å². The SMILES string of the molecule is CCC1(C(=O)O)C=CC=C(C(=O)O)C1C. The summed E-state index contributed by atoms with van der Waals surface area (Å²) in [6.45, 7) is 3.39. The van der Waals surface area contributed by atoms with Gasteiger partial charge in [-0.2, -0.15) is 0 Å². The summed E-state index contributed by atoms with van der Waals surface area (Å²) >= 11 is 0. The van der Waals surface area contributed by atoms with E-state index in [0.29, 0.717) is 6.42 Å². The minimum absolute atomic E-state index is 0.154. The third kappa shape index (κ3) is 1.67. The molecule has 0 aromatic rings. The van der Waals surface area contributed by atoms with E-state index in [9.17, 15) is 14.7 Å². The Morgan fingerprint density at radius 3 is 2.47 bits per heavy atom. The van der Waals surface area contributed by atoms with Crippen LogP contribution in [-0.4, -0.2) is 22.2 Å². The van der Waals surface area contributed by atoms with Crippen molar-refractivity contribution in [2.24, 2.45) is 11.3 Å². The molecule has 2 N–H and O–H groups in total. The molecular formula is C11H14O4. The van der Waals surface area contributed by atoms with Crippen LogP contribution in [0.3, 0.4) is 0 Å². The normalized spacial score (nSPS) is 29.7. The fourth-order valence-corrected chi connectivity index (χ4v) is 1.98. The molecule has 4 nitrogen and oxygen atoms in total. The number of aliphatic carboxylic acids is 2. The van der Waals surface area contributed by atoms with Crippen LogP contribution in [-0.2, 0) is 9.59 Å². The van der Waals surface area contributed by atoms with Crippen LogP contribution >= 0.6 is 0 Å². The lowest BCUT2D eigenvalue weighted by atomic mass is 9.68. The van der Waals surface area contributed by atoms with Crippen molar-refractivity contribution < 1.29 is 19.8 Å². The second-order valence-electron chi connectivity index (χ2n) is 3.71. The molecule has 0 saturated carbocycles. The van der Waals surface area contributed by atoms with Crippen molar-refractivity contribution >= 4 is 11.9 Å². The zero-order chi connectivity index (χ0) is 11.6. The van der Waals surface area contributed by atoms with Crippen LogP contribution < -0.4 is 0 Å². The summed E-state index contributed by atoms with van der Waals surface area (Å²) < 4.78 is 0. The van der Waals surface area contributed by atoms with Crippen LogP contribution in [0.4, 0.5) is 0 Å². The van der Waals surface area contributed by atoms with Crippen molar-refractivity contribution in [1.29, 1.82) is 0 Å². The van der Waals surface area contributed by atoms with Crippen LogP contribution in [0.25, 0.3) is 0 Å². The lowest BCUT2D eigenvalue weighted by Gasteiger charge is -2.33. The molecule has 15 heavy (non-hydrogen) atoms. The van der Waals surface area contributed by atoms with Crippen LogP contribution in [0.15, 0.2) is 23.8 Å². The van der Waals surface area contributed by atoms with Gasteiger partial charge < -0.3 is 10.2 Å². The van der Waals surface area contributed by atoms with E-state index >= 15 is 0 Å². The van der Waals surface area contributed by atoms with Crippen LogP contribution in [0.5, 0.6) is 0 Å². The van der Waals surface area contributed by atoms with Gasteiger partial charge in [-0.3, -0.25) is 4.79 Å². The first-order valence-corrected chi connectivity index (χ1v) is 4.81. The lowest BCUT2D eigenvalue weighted by molar-refractivity contribution is -0.148. The quantitative estimate of drug-likeness (QED) is 0.743. The molecule has 0 aromatic heterocycles. The Morgan fingerprint density at radius 1 is 1.47 bits per heavy atom. The van der Waals surface area contributed by atoms with E-state index in [0.717, 1.165) is 0 Å². The molecule has 0 aliphatic heterocycles. The molecule has 4 heteroatoms. The number of rotatable bonds is 3. The number of hydrogen-bond acceptors (Lipinski definition) is 2. The summed E-state index contributed by atoms with van der Waals surface area (Å²) in [6, 6.07) is 0. The largest absolute Gasteiger partial charge is 0.481 e. The highest BCUT2D eigenvalue weighted by atomic mass is 16.4. The van der Waals surface area contributed by atoms with E-state index in [2.05, 4.69) is 0 Å². The number of carbonyl (C=O) groups is 2. The van der Waals surface area contributed by atoms with Crippen molar-refractivity contribution in [2.75, 3.05) is 0 Å². The van der Waals surface area contributed by atoms with Gasteiger partial charge in [0.25, 0.3) is 0 Å². The fraction of sp³-hybridized carbons (Fsp3) is 0.455. The van der Waals surface area contributed by atoms with Gasteiger partial charge >= 0.3 is 11.9 Å². The molecule has 0 heterocycles. The summed E-state index contributed by atoms with van der Waals surface area (Å²) in [5.74, 6) is -2.53. The average molecular weight is 210 g/mol. The molecule has 2 atom stereocenters. The molecule has 0 fully saturated rings. The highest BCUT2D eigenvalue weighted by Gasteiger charge is 2.44. The Morgan fingerprint density at radius 2 is 2.07 bits per heavy atom. The number of carboxylic acid groups (broad SMARTS) is 2. The smallest absolute Gasteiger partial charge is 0.331 e. The van der Waals surface area contributed by atoms with Gasteiger partial charge in [0.1, 0.15) is 0 Å². The molecule has 0 radical (unpaired) electrons. The standard InChI is InChI=1S/C11H14O4/c1-3-11(10(14)15)6-4-5-8(7(11)2)9(12)13/h4-7H,3H2,1-2H3,(H,12,13)(H,14,15). The van der Waals surface area contributed by atoms with Gasteiger partial charge in [-0.05, 0) is 6.42 Å². The second kappa shape index (κ2) is 3.88. The Labute approximate surface area is 87.9 Å². The molecular weight excluding hydrogens is 196 g/mol. The highest BCUT2D eigenvalue weighted by Crippen LogP contribution is 2.40. The molecule has 1 aliphatic carbocycles. The molecule has 1 rings (SSSR count). The van der Waals surface area contributed by atoms with E-state index in [-0.39, 0.29) is 5.57 Å². The minimum atomic E-state index is -1.08. The predicted octanol–water partition coefficient (Wildman–Crippen LogP) is 1.68. The van der Waals surface area contributed by atoms with E-state index in [1.54, 1.807) is 19.9 Å². The monoisotopic (exact) mass is 210 g/mol. The Kier molecular flexibility index (Phi) is 2.98. The van der Waals surface area contributed by atoms with Crippen molar-refractivity contribution in [1.82, 2.24) is 0 Å². The van der Waals surface area contributed by atoms with Crippen LogP contribution in [0, 0.1) is 11.3 Å². The van der Waals surface area contributed by atoms with Gasteiger partial charge in [0.15, 0.2) is 0 Å². The molecule has 2 unspecified atom stereocenters. The Bertz CT molecular complexity index is 354. The van der Waals surface area contributed by atoms with Crippen molar-refractivity contribution in [3.63, 3.8) is 0 Å². The van der Waals surface area contributed by atoms with Crippen LogP contribution in [0.1, 0.15) is 20.3 Å². The summed E-state index contributed by atoms with van der Waals surface area (Å²) in [5.41, 5.74) is -0.926. The first-order chi connectivity index (χ1) is 6.95. The minimum Gasteiger partial charge on any atom is -0.481 e. The van der Waals surface area contributed by atoms with Gasteiger partial charge in [-0.1, -0.05) is 32.1 Å². The zero-order valence-electron chi connectivity index (χ0n) is 8.73. The van der Waals surface area contributed by atoms with Gasteiger partial charge in [0, 0.05) is 11.5 Å². The van der Waals surface area contributed by atoms with Gasteiger partial charge in [-0.25, -0.2) is 4.79 Å². The maximum Gasteiger partial charge on any atom is 0.331 e. The molecule has 82 valence electrons. The second-order valence-corrected chi connectivity index (χ2v) is 3.71. The van der Waals surface area contributed by atoms with E-state index < -0.39 is 23.3 Å². The number of allylic oxidation sites excluding steroid dienone is 2. The summed E-state index contributed by atoms with van der Waals surface area (Å²) in [5, 5.41) is 18.1. The van der Waals surface area contributed by atoms with Gasteiger partial charge in [0.05, 0.1) is 5.41 Å². The van der Waals surface area contributed by atoms with Gasteiger partial charge in [-0.15, -0.1) is 0 Å². The maximum absolute atomic E-state index is 11.2. The molecule has 0 spiro atoms. The fourth-order valence-electron chi connectivity index (χ4n) is 1.98. The molecule has 1 aliphatic rings. The van der Waals surface area contributed by atoms with Crippen LogP contribution in [0.2, 0.25) is 0 Å². The predicted molar refractivity (Wildman–Crippen MR) is 54.4 cm³/mol. The summed E-state index contributed by atoms with van der Waals surface area (Å²) in [6.07, 6.45) is 4.93. The average Bonchev–Trinajstić information content (AvgIpc) is 2.17. The number of hydrogen-bond donors (Lipinski definition) is 2. The topological polar surface area (TPSA) is 74.6 Å². The first-order valence-electron chi connectivity index (χ1n) is 4.81. The molecule has 0 aromatic carbocycles. The van der Waals surface area contributed by atoms with Crippen molar-refractivity contribution in [3.05, 3.63) is 23.8 Å². The summed E-state index contributed by atoms with van der Waals surface area (Å²) in [4.78, 5) is 22.1. The first kappa shape index (κ1) is 11.5. The van der Waals surface area contributed by atoms with E-state index in [1.807, 2.05) is 0 Å². The maximum atomic E-state index is 11.2. The third-order valence-electron chi connectivity index (χ3n) is 3.14. The van der Waals surface area contributed by atoms with Gasteiger partial charge in [0.2, 0.25) is 0 Å². The van der Waals surface area contributed by atoms with E-state index in [1.165, 1.54) is 12.2 Å². The highest BCUT2D eigenvalue weighted by molar-refractivity contribution is 5.91. The number of carboxylic acids is 2. The van der Waals surface area contributed by atoms with Crippen molar-refractivity contribution in [3.8, 4) is 0 Å². The lowest BCUT2D eigenvalue weighted by Crippen LogP contribution is -2.38. The third-order valence-corrected chi connectivity index (χ3v) is 3.14. The summed E-state index contributed by atoms with van der Waals surface area (Å²) in [7, 11) is 0. The molecule has 0 amide bonds.